The van der Waals surface area contributed by atoms with Crippen molar-refractivity contribution < 1.29 is 9.59 Å². The van der Waals surface area contributed by atoms with Gasteiger partial charge in [-0.2, -0.15) is 0 Å². The summed E-state index contributed by atoms with van der Waals surface area (Å²) >= 11 is 0. The quantitative estimate of drug-likeness (QED) is 0.763. The fourth-order valence-corrected chi connectivity index (χ4v) is 2.17. The van der Waals surface area contributed by atoms with Gasteiger partial charge in [-0.25, -0.2) is 9.59 Å². The molecule has 0 aliphatic heterocycles. The molecule has 6 nitrogen and oxygen atoms in total. The molecule has 24 heavy (non-hydrogen) atoms. The van der Waals surface area contributed by atoms with Crippen LogP contribution >= 0.6 is 0 Å². The molecular formula is C18H22N4O2. The zero-order chi connectivity index (χ0) is 17.2. The van der Waals surface area contributed by atoms with Crippen molar-refractivity contribution in [2.45, 2.75) is 6.92 Å². The van der Waals surface area contributed by atoms with E-state index >= 15 is 0 Å². The first-order chi connectivity index (χ1) is 11.7. The minimum Gasteiger partial charge on any atom is -0.338 e. The molecule has 3 N–H and O–H groups in total. The lowest BCUT2D eigenvalue weighted by molar-refractivity contribution is 0.241. The molecule has 2 rings (SSSR count). The van der Waals surface area contributed by atoms with Crippen LogP contribution in [0.3, 0.4) is 0 Å². The van der Waals surface area contributed by atoms with E-state index in [1.54, 1.807) is 4.90 Å². The summed E-state index contributed by atoms with van der Waals surface area (Å²) in [6.45, 7) is 3.12. The summed E-state index contributed by atoms with van der Waals surface area (Å²) in [4.78, 5) is 25.7. The molecule has 0 spiro atoms. The summed E-state index contributed by atoms with van der Waals surface area (Å²) in [7, 11) is 0. The van der Waals surface area contributed by atoms with Crippen LogP contribution in [-0.4, -0.2) is 31.7 Å². The Balaban J connectivity index is 2.03. The number of carbonyl (C=O) groups is 2. The van der Waals surface area contributed by atoms with E-state index in [-0.39, 0.29) is 12.1 Å². The Morgan fingerprint density at radius 1 is 0.917 bits per heavy atom. The molecule has 4 amide bonds. The number of amides is 4. The second kappa shape index (κ2) is 9.19. The summed E-state index contributed by atoms with van der Waals surface area (Å²) in [6.07, 6.45) is 0. The Labute approximate surface area is 141 Å². The van der Waals surface area contributed by atoms with Gasteiger partial charge in [0.25, 0.3) is 0 Å². The fraction of sp³-hybridized carbons (Fsp3) is 0.222. The van der Waals surface area contributed by atoms with Gasteiger partial charge in [0.05, 0.1) is 0 Å². The zero-order valence-corrected chi connectivity index (χ0v) is 13.7. The third-order valence-electron chi connectivity index (χ3n) is 3.30. The molecule has 126 valence electrons. The maximum absolute atomic E-state index is 12.6. The number of para-hydroxylation sites is 2. The van der Waals surface area contributed by atoms with E-state index in [9.17, 15) is 9.59 Å². The van der Waals surface area contributed by atoms with Crippen LogP contribution in [0.25, 0.3) is 0 Å². The number of benzene rings is 2. The van der Waals surface area contributed by atoms with Gasteiger partial charge in [0, 0.05) is 31.0 Å². The predicted molar refractivity (Wildman–Crippen MR) is 96.3 cm³/mol. The molecule has 2 aromatic carbocycles. The van der Waals surface area contributed by atoms with Gasteiger partial charge in [0.1, 0.15) is 0 Å². The molecule has 0 aliphatic rings. The van der Waals surface area contributed by atoms with E-state index in [0.29, 0.717) is 19.6 Å². The van der Waals surface area contributed by atoms with Gasteiger partial charge in [-0.1, -0.05) is 36.4 Å². The molecule has 2 aromatic rings. The summed E-state index contributed by atoms with van der Waals surface area (Å²) in [5.74, 6) is 0. The van der Waals surface area contributed by atoms with Crippen molar-refractivity contribution in [3.8, 4) is 0 Å². The Morgan fingerprint density at radius 3 is 2.17 bits per heavy atom. The van der Waals surface area contributed by atoms with E-state index in [4.69, 9.17) is 0 Å². The van der Waals surface area contributed by atoms with Crippen LogP contribution in [0, 0.1) is 0 Å². The highest BCUT2D eigenvalue weighted by atomic mass is 16.2. The van der Waals surface area contributed by atoms with Crippen LogP contribution in [0.4, 0.5) is 21.0 Å². The number of nitrogens with one attached hydrogen (secondary N) is 3. The molecule has 0 atom stereocenters. The van der Waals surface area contributed by atoms with Crippen LogP contribution in [0.1, 0.15) is 6.92 Å². The SMILES string of the molecule is CCNC(=O)NCCN(C(=O)Nc1ccccc1)c1ccccc1. The van der Waals surface area contributed by atoms with Crippen LogP contribution in [0.2, 0.25) is 0 Å². The monoisotopic (exact) mass is 326 g/mol. The highest BCUT2D eigenvalue weighted by Crippen LogP contribution is 2.15. The van der Waals surface area contributed by atoms with Crippen molar-refractivity contribution in [3.63, 3.8) is 0 Å². The van der Waals surface area contributed by atoms with E-state index in [1.807, 2.05) is 67.6 Å². The normalized spacial score (nSPS) is 9.88. The van der Waals surface area contributed by atoms with Crippen molar-refractivity contribution in [1.82, 2.24) is 10.6 Å². The molecule has 0 heterocycles. The van der Waals surface area contributed by atoms with E-state index in [2.05, 4.69) is 16.0 Å². The van der Waals surface area contributed by atoms with Gasteiger partial charge >= 0.3 is 12.1 Å². The van der Waals surface area contributed by atoms with Gasteiger partial charge in [-0.15, -0.1) is 0 Å². The largest absolute Gasteiger partial charge is 0.338 e. The second-order valence-corrected chi connectivity index (χ2v) is 5.07. The fourth-order valence-electron chi connectivity index (χ4n) is 2.17. The minimum atomic E-state index is -0.245. The highest BCUT2D eigenvalue weighted by molar-refractivity contribution is 6.01. The number of hydrogen-bond donors (Lipinski definition) is 3. The van der Waals surface area contributed by atoms with Gasteiger partial charge in [0.2, 0.25) is 0 Å². The third-order valence-corrected chi connectivity index (χ3v) is 3.30. The number of nitrogens with zero attached hydrogens (tertiary/aromatic N) is 1. The third kappa shape index (κ3) is 5.31. The minimum absolute atomic E-state index is 0.242. The van der Waals surface area contributed by atoms with E-state index < -0.39 is 0 Å². The van der Waals surface area contributed by atoms with Crippen molar-refractivity contribution in [2.24, 2.45) is 0 Å². The average molecular weight is 326 g/mol. The van der Waals surface area contributed by atoms with Crippen molar-refractivity contribution >= 4 is 23.4 Å². The molecule has 0 radical (unpaired) electrons. The highest BCUT2D eigenvalue weighted by Gasteiger charge is 2.15. The van der Waals surface area contributed by atoms with E-state index in [1.165, 1.54) is 0 Å². The maximum atomic E-state index is 12.6. The van der Waals surface area contributed by atoms with E-state index in [0.717, 1.165) is 11.4 Å². The van der Waals surface area contributed by atoms with Crippen LogP contribution < -0.4 is 20.9 Å². The van der Waals surface area contributed by atoms with Crippen molar-refractivity contribution in [1.29, 1.82) is 0 Å². The second-order valence-electron chi connectivity index (χ2n) is 5.07. The Morgan fingerprint density at radius 2 is 1.54 bits per heavy atom. The molecule has 0 bridgehead atoms. The number of anilines is 2. The molecule has 0 fully saturated rings. The molecule has 0 saturated heterocycles. The molecule has 0 aromatic heterocycles. The maximum Gasteiger partial charge on any atom is 0.326 e. The first kappa shape index (κ1) is 17.3. The van der Waals surface area contributed by atoms with Crippen molar-refractivity contribution in [2.75, 3.05) is 29.9 Å². The molecule has 0 saturated carbocycles. The number of carbonyl (C=O) groups excluding carboxylic acids is 2. The predicted octanol–water partition coefficient (Wildman–Crippen LogP) is 3.04. The lowest BCUT2D eigenvalue weighted by Gasteiger charge is -2.23. The smallest absolute Gasteiger partial charge is 0.326 e. The molecule has 6 heteroatoms. The van der Waals surface area contributed by atoms with Gasteiger partial charge < -0.3 is 16.0 Å². The van der Waals surface area contributed by atoms with Gasteiger partial charge in [-0.05, 0) is 31.2 Å². The van der Waals surface area contributed by atoms with Gasteiger partial charge in [0.15, 0.2) is 0 Å². The standard InChI is InChI=1S/C18H22N4O2/c1-2-19-17(23)20-13-14-22(16-11-7-4-8-12-16)18(24)21-15-9-5-3-6-10-15/h3-12H,2,13-14H2,1H3,(H,21,24)(H2,19,20,23). The summed E-state index contributed by atoms with van der Waals surface area (Å²) < 4.78 is 0. The molecule has 0 aliphatic carbocycles. The molecule has 0 unspecified atom stereocenters. The Kier molecular flexibility index (Phi) is 6.64. The van der Waals surface area contributed by atoms with Crippen LogP contribution in [-0.2, 0) is 0 Å². The summed E-state index contributed by atoms with van der Waals surface area (Å²) in [5, 5.41) is 8.25. The average Bonchev–Trinajstić information content (AvgIpc) is 2.60. The van der Waals surface area contributed by atoms with Crippen LogP contribution in [0.15, 0.2) is 60.7 Å². The Bertz CT molecular complexity index is 647. The zero-order valence-electron chi connectivity index (χ0n) is 13.7. The topological polar surface area (TPSA) is 73.5 Å². The number of urea groups is 2. The lowest BCUT2D eigenvalue weighted by Crippen LogP contribution is -2.43. The lowest BCUT2D eigenvalue weighted by atomic mass is 10.3. The van der Waals surface area contributed by atoms with Gasteiger partial charge in [-0.3, -0.25) is 4.90 Å². The first-order valence-electron chi connectivity index (χ1n) is 7.91. The van der Waals surface area contributed by atoms with Crippen LogP contribution in [0.5, 0.6) is 0 Å². The summed E-state index contributed by atoms with van der Waals surface area (Å²) in [5.41, 5.74) is 1.49. The first-order valence-corrected chi connectivity index (χ1v) is 7.91. The Hall–Kier alpha value is -3.02. The number of hydrogen-bond acceptors (Lipinski definition) is 2. The van der Waals surface area contributed by atoms with Crippen molar-refractivity contribution in [3.05, 3.63) is 60.7 Å². The molecular weight excluding hydrogens is 304 g/mol. The number of rotatable bonds is 6. The summed E-state index contributed by atoms with van der Waals surface area (Å²) in [6, 6.07) is 18.1.